The highest BCUT2D eigenvalue weighted by Crippen LogP contribution is 2.16. The third kappa shape index (κ3) is 4.16. The summed E-state index contributed by atoms with van der Waals surface area (Å²) in [5, 5.41) is 2.62. The van der Waals surface area contributed by atoms with Crippen molar-refractivity contribution in [3.05, 3.63) is 65.5 Å². The van der Waals surface area contributed by atoms with E-state index in [2.05, 4.69) is 5.32 Å². The molecule has 0 aromatic heterocycles. The smallest absolute Gasteiger partial charge is 0.264 e. The Morgan fingerprint density at radius 3 is 2.58 bits per heavy atom. The van der Waals surface area contributed by atoms with Crippen molar-refractivity contribution in [2.24, 2.45) is 0 Å². The van der Waals surface area contributed by atoms with Gasteiger partial charge in [0.05, 0.1) is 12.0 Å². The Balaban J connectivity index is 2.15. The lowest BCUT2D eigenvalue weighted by Crippen LogP contribution is -2.27. The van der Waals surface area contributed by atoms with Crippen LogP contribution in [0.1, 0.15) is 15.9 Å². The van der Waals surface area contributed by atoms with Crippen LogP contribution in [0.4, 0.5) is 4.39 Å². The summed E-state index contributed by atoms with van der Waals surface area (Å²) in [6, 6.07) is 11.4. The number of rotatable bonds is 6. The van der Waals surface area contributed by atoms with E-state index in [0.29, 0.717) is 10.0 Å². The Hall–Kier alpha value is -2.29. The molecule has 0 spiro atoms. The number of halogens is 1. The molecule has 0 saturated carbocycles. The molecule has 0 aliphatic heterocycles. The molecule has 2 aromatic rings. The Kier molecular flexibility index (Phi) is 5.66. The number of benzene rings is 2. The van der Waals surface area contributed by atoms with Crippen molar-refractivity contribution in [2.45, 2.75) is 11.4 Å². The highest BCUT2D eigenvalue weighted by Gasteiger charge is 2.21. The fourth-order valence-corrected chi connectivity index (χ4v) is 3.00. The SMILES string of the molecule is CON(C)S(=O)(=O)c1cccc(C(=O)NCc2cccc(F)c2)c1. The minimum atomic E-state index is -3.84. The van der Waals surface area contributed by atoms with Crippen LogP contribution in [-0.2, 0) is 21.4 Å². The van der Waals surface area contributed by atoms with Gasteiger partial charge in [0.1, 0.15) is 5.82 Å². The van der Waals surface area contributed by atoms with Crippen LogP contribution < -0.4 is 5.32 Å². The van der Waals surface area contributed by atoms with E-state index in [9.17, 15) is 17.6 Å². The van der Waals surface area contributed by atoms with Gasteiger partial charge in [-0.2, -0.15) is 0 Å². The third-order valence-electron chi connectivity index (χ3n) is 3.33. The summed E-state index contributed by atoms with van der Waals surface area (Å²) in [5.74, 6) is -0.853. The first-order chi connectivity index (χ1) is 11.3. The average molecular weight is 352 g/mol. The van der Waals surface area contributed by atoms with Crippen molar-refractivity contribution in [1.29, 1.82) is 0 Å². The fourth-order valence-electron chi connectivity index (χ4n) is 1.98. The Labute approximate surface area is 139 Å². The molecule has 0 radical (unpaired) electrons. The first kappa shape index (κ1) is 18.1. The molecule has 8 heteroatoms. The zero-order valence-corrected chi connectivity index (χ0v) is 14.0. The van der Waals surface area contributed by atoms with Crippen molar-refractivity contribution >= 4 is 15.9 Å². The molecular formula is C16H17FN2O4S. The van der Waals surface area contributed by atoms with E-state index in [0.717, 1.165) is 0 Å². The van der Waals surface area contributed by atoms with Crippen LogP contribution in [0, 0.1) is 5.82 Å². The first-order valence-electron chi connectivity index (χ1n) is 7.00. The standard InChI is InChI=1S/C16H17FN2O4S/c1-19(23-2)24(21,22)15-8-4-6-13(10-15)16(20)18-11-12-5-3-7-14(17)9-12/h3-10H,11H2,1-2H3,(H,18,20). The summed E-state index contributed by atoms with van der Waals surface area (Å²) in [6.45, 7) is 0.131. The van der Waals surface area contributed by atoms with E-state index in [1.807, 2.05) is 0 Å². The van der Waals surface area contributed by atoms with Gasteiger partial charge in [-0.3, -0.25) is 9.63 Å². The van der Waals surface area contributed by atoms with Gasteiger partial charge < -0.3 is 5.32 Å². The molecule has 2 aromatic carbocycles. The van der Waals surface area contributed by atoms with Crippen molar-refractivity contribution < 1.29 is 22.4 Å². The summed E-state index contributed by atoms with van der Waals surface area (Å²) in [4.78, 5) is 16.8. The molecule has 0 bridgehead atoms. The number of nitrogens with zero attached hydrogens (tertiary/aromatic N) is 1. The van der Waals surface area contributed by atoms with E-state index >= 15 is 0 Å². The Bertz CT molecular complexity index is 839. The number of carbonyl (C=O) groups is 1. The summed E-state index contributed by atoms with van der Waals surface area (Å²) in [5.41, 5.74) is 0.781. The maximum absolute atomic E-state index is 13.1. The van der Waals surface area contributed by atoms with E-state index in [4.69, 9.17) is 4.84 Å². The quantitative estimate of drug-likeness (QED) is 0.806. The highest BCUT2D eigenvalue weighted by atomic mass is 32.2. The lowest BCUT2D eigenvalue weighted by molar-refractivity contribution is -0.0258. The predicted octanol–water partition coefficient (Wildman–Crippen LogP) is 1.94. The fraction of sp³-hybridized carbons (Fsp3) is 0.188. The van der Waals surface area contributed by atoms with Gasteiger partial charge in [-0.1, -0.05) is 22.7 Å². The number of amides is 1. The van der Waals surface area contributed by atoms with Gasteiger partial charge in [0, 0.05) is 19.2 Å². The summed E-state index contributed by atoms with van der Waals surface area (Å²) < 4.78 is 38.2. The molecule has 128 valence electrons. The van der Waals surface area contributed by atoms with E-state index in [1.54, 1.807) is 12.1 Å². The molecule has 1 amide bonds. The van der Waals surface area contributed by atoms with Crippen molar-refractivity contribution in [3.8, 4) is 0 Å². The number of hydroxylamine groups is 1. The van der Waals surface area contributed by atoms with E-state index in [1.165, 1.54) is 50.6 Å². The first-order valence-corrected chi connectivity index (χ1v) is 8.44. The van der Waals surface area contributed by atoms with Crippen molar-refractivity contribution in [2.75, 3.05) is 14.2 Å². The van der Waals surface area contributed by atoms with Crippen LogP contribution in [0.2, 0.25) is 0 Å². The van der Waals surface area contributed by atoms with Gasteiger partial charge in [0.15, 0.2) is 0 Å². The van der Waals surface area contributed by atoms with Gasteiger partial charge >= 0.3 is 0 Å². The minimum Gasteiger partial charge on any atom is -0.348 e. The largest absolute Gasteiger partial charge is 0.348 e. The van der Waals surface area contributed by atoms with Crippen LogP contribution in [0.3, 0.4) is 0 Å². The topological polar surface area (TPSA) is 75.7 Å². The summed E-state index contributed by atoms with van der Waals surface area (Å²) in [6.07, 6.45) is 0. The second kappa shape index (κ2) is 7.52. The van der Waals surface area contributed by atoms with Gasteiger partial charge in [-0.05, 0) is 35.9 Å². The number of sulfonamides is 1. The van der Waals surface area contributed by atoms with Gasteiger partial charge in [-0.25, -0.2) is 12.8 Å². The van der Waals surface area contributed by atoms with Crippen LogP contribution in [0.15, 0.2) is 53.4 Å². The number of hydrogen-bond acceptors (Lipinski definition) is 4. The Morgan fingerprint density at radius 2 is 1.92 bits per heavy atom. The molecule has 0 heterocycles. The molecular weight excluding hydrogens is 335 g/mol. The van der Waals surface area contributed by atoms with Crippen LogP contribution in [0.5, 0.6) is 0 Å². The number of hydrogen-bond donors (Lipinski definition) is 1. The second-order valence-electron chi connectivity index (χ2n) is 4.94. The molecule has 0 saturated heterocycles. The third-order valence-corrected chi connectivity index (χ3v) is 5.01. The molecule has 1 N–H and O–H groups in total. The van der Waals surface area contributed by atoms with Crippen LogP contribution in [-0.4, -0.2) is 33.0 Å². The summed E-state index contributed by atoms with van der Waals surface area (Å²) in [7, 11) is -1.35. The maximum Gasteiger partial charge on any atom is 0.264 e. The average Bonchev–Trinajstić information content (AvgIpc) is 2.59. The van der Waals surface area contributed by atoms with Gasteiger partial charge in [0.2, 0.25) is 0 Å². The highest BCUT2D eigenvalue weighted by molar-refractivity contribution is 7.89. The monoisotopic (exact) mass is 352 g/mol. The van der Waals surface area contributed by atoms with Crippen LogP contribution >= 0.6 is 0 Å². The zero-order valence-electron chi connectivity index (χ0n) is 13.2. The maximum atomic E-state index is 13.1. The zero-order chi connectivity index (χ0) is 17.7. The van der Waals surface area contributed by atoms with Crippen molar-refractivity contribution in [1.82, 2.24) is 9.79 Å². The second-order valence-corrected chi connectivity index (χ2v) is 6.87. The van der Waals surface area contributed by atoms with Gasteiger partial charge in [0.25, 0.3) is 15.9 Å². The lowest BCUT2D eigenvalue weighted by Gasteiger charge is -2.14. The lowest BCUT2D eigenvalue weighted by atomic mass is 10.2. The van der Waals surface area contributed by atoms with Crippen LogP contribution in [0.25, 0.3) is 0 Å². The minimum absolute atomic E-state index is 0.0646. The molecule has 24 heavy (non-hydrogen) atoms. The molecule has 0 fully saturated rings. The molecule has 2 rings (SSSR count). The molecule has 0 aliphatic rings. The summed E-state index contributed by atoms with van der Waals surface area (Å²) >= 11 is 0. The normalized spacial score (nSPS) is 11.5. The molecule has 6 nitrogen and oxygen atoms in total. The van der Waals surface area contributed by atoms with E-state index < -0.39 is 21.7 Å². The van der Waals surface area contributed by atoms with Crippen molar-refractivity contribution in [3.63, 3.8) is 0 Å². The molecule has 0 atom stereocenters. The number of carbonyl (C=O) groups excluding carboxylic acids is 1. The number of nitrogens with one attached hydrogen (secondary N) is 1. The molecule has 0 unspecified atom stereocenters. The van der Waals surface area contributed by atoms with Gasteiger partial charge in [-0.15, -0.1) is 0 Å². The predicted molar refractivity (Wildman–Crippen MR) is 86.0 cm³/mol. The molecule has 0 aliphatic carbocycles. The Morgan fingerprint density at radius 1 is 1.21 bits per heavy atom. The van der Waals surface area contributed by atoms with E-state index in [-0.39, 0.29) is 17.0 Å².